The average molecular weight is 318 g/mol. The number of rotatable bonds is 5. The molecule has 0 saturated heterocycles. The number of hydrogen-bond donors (Lipinski definition) is 1. The highest BCUT2D eigenvalue weighted by molar-refractivity contribution is 6.31. The maximum Gasteiger partial charge on any atom is 0.142 e. The largest absolute Gasteiger partial charge is 0.383 e. The SMILES string of the molecule is COCCn1ncc(Cl)c1C(N)c1ccc(Cl)c(F)c1. The van der Waals surface area contributed by atoms with E-state index in [9.17, 15) is 4.39 Å². The lowest BCUT2D eigenvalue weighted by Crippen LogP contribution is -2.19. The van der Waals surface area contributed by atoms with Crippen molar-refractivity contribution in [2.24, 2.45) is 5.73 Å². The molecule has 1 aromatic carbocycles. The molecule has 7 heteroatoms. The highest BCUT2D eigenvalue weighted by Gasteiger charge is 2.19. The van der Waals surface area contributed by atoms with E-state index in [1.165, 1.54) is 18.3 Å². The van der Waals surface area contributed by atoms with Crippen LogP contribution in [0.5, 0.6) is 0 Å². The molecule has 0 amide bonds. The van der Waals surface area contributed by atoms with Gasteiger partial charge in [-0.25, -0.2) is 4.39 Å². The van der Waals surface area contributed by atoms with Crippen molar-refractivity contribution in [3.05, 3.63) is 51.5 Å². The lowest BCUT2D eigenvalue weighted by molar-refractivity contribution is 0.182. The maximum absolute atomic E-state index is 13.5. The molecule has 1 heterocycles. The highest BCUT2D eigenvalue weighted by Crippen LogP contribution is 2.28. The summed E-state index contributed by atoms with van der Waals surface area (Å²) in [5, 5.41) is 4.63. The van der Waals surface area contributed by atoms with Gasteiger partial charge < -0.3 is 10.5 Å². The van der Waals surface area contributed by atoms with Crippen LogP contribution in [0.25, 0.3) is 0 Å². The molecule has 2 N–H and O–H groups in total. The average Bonchev–Trinajstić information content (AvgIpc) is 2.80. The number of methoxy groups -OCH3 is 1. The molecule has 108 valence electrons. The minimum atomic E-state index is -0.589. The molecular formula is C13H14Cl2FN3O. The lowest BCUT2D eigenvalue weighted by Gasteiger charge is -2.15. The van der Waals surface area contributed by atoms with Gasteiger partial charge in [-0.1, -0.05) is 29.3 Å². The first kappa shape index (κ1) is 15.3. The fourth-order valence-electron chi connectivity index (χ4n) is 1.90. The van der Waals surface area contributed by atoms with Gasteiger partial charge in [0.15, 0.2) is 0 Å². The molecule has 1 unspecified atom stereocenters. The topological polar surface area (TPSA) is 53.1 Å². The summed E-state index contributed by atoms with van der Waals surface area (Å²) >= 11 is 11.8. The molecule has 20 heavy (non-hydrogen) atoms. The molecule has 0 fully saturated rings. The Labute approximate surface area is 126 Å². The van der Waals surface area contributed by atoms with Gasteiger partial charge in [0.2, 0.25) is 0 Å². The summed E-state index contributed by atoms with van der Waals surface area (Å²) in [6, 6.07) is 3.85. The van der Waals surface area contributed by atoms with Gasteiger partial charge in [0.25, 0.3) is 0 Å². The van der Waals surface area contributed by atoms with Crippen molar-refractivity contribution in [1.82, 2.24) is 9.78 Å². The Kier molecular flexibility index (Phi) is 4.99. The standard InChI is InChI=1S/C13H14Cl2FN3O/c1-20-5-4-19-13(10(15)7-18-19)12(17)8-2-3-9(14)11(16)6-8/h2-3,6-7,12H,4-5,17H2,1H3. The van der Waals surface area contributed by atoms with Gasteiger partial charge in [-0.05, 0) is 17.7 Å². The zero-order valence-corrected chi connectivity index (χ0v) is 12.3. The van der Waals surface area contributed by atoms with E-state index in [4.69, 9.17) is 33.7 Å². The van der Waals surface area contributed by atoms with Crippen LogP contribution in [0.15, 0.2) is 24.4 Å². The number of benzene rings is 1. The summed E-state index contributed by atoms with van der Waals surface area (Å²) in [4.78, 5) is 0. The molecule has 0 spiro atoms. The van der Waals surface area contributed by atoms with Crippen LogP contribution in [0, 0.1) is 5.82 Å². The fraction of sp³-hybridized carbons (Fsp3) is 0.308. The van der Waals surface area contributed by atoms with Crippen LogP contribution >= 0.6 is 23.2 Å². The zero-order chi connectivity index (χ0) is 14.7. The Balaban J connectivity index is 2.34. The lowest BCUT2D eigenvalue weighted by atomic mass is 10.0. The van der Waals surface area contributed by atoms with Crippen molar-refractivity contribution in [3.8, 4) is 0 Å². The highest BCUT2D eigenvalue weighted by atomic mass is 35.5. The van der Waals surface area contributed by atoms with E-state index in [0.717, 1.165) is 0 Å². The van der Waals surface area contributed by atoms with Crippen LogP contribution in [-0.2, 0) is 11.3 Å². The monoisotopic (exact) mass is 317 g/mol. The number of nitrogens with two attached hydrogens (primary N) is 1. The van der Waals surface area contributed by atoms with Gasteiger partial charge in [0.05, 0.1) is 41.1 Å². The first-order valence-electron chi connectivity index (χ1n) is 5.95. The fourth-order valence-corrected chi connectivity index (χ4v) is 2.28. The van der Waals surface area contributed by atoms with E-state index in [-0.39, 0.29) is 5.02 Å². The Morgan fingerprint density at radius 1 is 1.40 bits per heavy atom. The predicted octanol–water partition coefficient (Wildman–Crippen LogP) is 3.02. The van der Waals surface area contributed by atoms with Crippen molar-refractivity contribution >= 4 is 23.2 Å². The van der Waals surface area contributed by atoms with Gasteiger partial charge in [0, 0.05) is 7.11 Å². The Morgan fingerprint density at radius 2 is 2.15 bits per heavy atom. The summed E-state index contributed by atoms with van der Waals surface area (Å²) in [5.74, 6) is -0.515. The number of halogens is 3. The third-order valence-electron chi connectivity index (χ3n) is 2.94. The summed E-state index contributed by atoms with van der Waals surface area (Å²) in [5.41, 5.74) is 7.35. The number of nitrogens with zero attached hydrogens (tertiary/aromatic N) is 2. The van der Waals surface area contributed by atoms with Crippen molar-refractivity contribution in [3.63, 3.8) is 0 Å². The number of hydrogen-bond acceptors (Lipinski definition) is 3. The minimum absolute atomic E-state index is 0.0555. The van der Waals surface area contributed by atoms with Crippen LogP contribution in [0.2, 0.25) is 10.0 Å². The van der Waals surface area contributed by atoms with E-state index < -0.39 is 11.9 Å². The summed E-state index contributed by atoms with van der Waals surface area (Å²) < 4.78 is 20.2. The van der Waals surface area contributed by atoms with Crippen LogP contribution < -0.4 is 5.73 Å². The second-order valence-corrected chi connectivity index (χ2v) is 5.06. The molecule has 2 aromatic rings. The predicted molar refractivity (Wildman–Crippen MR) is 76.6 cm³/mol. The molecule has 0 aliphatic rings. The molecule has 4 nitrogen and oxygen atoms in total. The summed E-state index contributed by atoms with van der Waals surface area (Å²) in [6.07, 6.45) is 1.51. The first-order valence-corrected chi connectivity index (χ1v) is 6.71. The molecule has 1 aromatic heterocycles. The normalized spacial score (nSPS) is 12.7. The molecule has 0 aliphatic heterocycles. The first-order chi connectivity index (χ1) is 9.54. The Hall–Kier alpha value is -1.14. The van der Waals surface area contributed by atoms with Crippen molar-refractivity contribution in [1.29, 1.82) is 0 Å². The second-order valence-electron chi connectivity index (χ2n) is 4.24. The quantitative estimate of drug-likeness (QED) is 0.922. The Bertz CT molecular complexity index is 603. The van der Waals surface area contributed by atoms with Gasteiger partial charge >= 0.3 is 0 Å². The minimum Gasteiger partial charge on any atom is -0.383 e. The summed E-state index contributed by atoms with van der Waals surface area (Å²) in [7, 11) is 1.60. The Morgan fingerprint density at radius 3 is 2.80 bits per heavy atom. The van der Waals surface area contributed by atoms with E-state index in [1.54, 1.807) is 17.9 Å². The molecule has 0 saturated carbocycles. The number of aromatic nitrogens is 2. The van der Waals surface area contributed by atoms with Crippen LogP contribution in [0.3, 0.4) is 0 Å². The third kappa shape index (κ3) is 3.12. The van der Waals surface area contributed by atoms with Crippen molar-refractivity contribution in [2.45, 2.75) is 12.6 Å². The van der Waals surface area contributed by atoms with E-state index >= 15 is 0 Å². The second kappa shape index (κ2) is 6.54. The molecule has 2 rings (SSSR count). The van der Waals surface area contributed by atoms with Crippen LogP contribution in [0.4, 0.5) is 4.39 Å². The van der Waals surface area contributed by atoms with Gasteiger partial charge in [0.1, 0.15) is 5.82 Å². The van der Waals surface area contributed by atoms with E-state index in [0.29, 0.717) is 29.4 Å². The van der Waals surface area contributed by atoms with Crippen LogP contribution in [0.1, 0.15) is 17.3 Å². The molecule has 0 aliphatic carbocycles. The maximum atomic E-state index is 13.5. The van der Waals surface area contributed by atoms with Crippen molar-refractivity contribution in [2.75, 3.05) is 13.7 Å². The zero-order valence-electron chi connectivity index (χ0n) is 10.8. The van der Waals surface area contributed by atoms with Gasteiger partial charge in [-0.2, -0.15) is 5.10 Å². The smallest absolute Gasteiger partial charge is 0.142 e. The third-order valence-corrected chi connectivity index (χ3v) is 3.54. The molecule has 1 atom stereocenters. The molecule has 0 radical (unpaired) electrons. The van der Waals surface area contributed by atoms with E-state index in [2.05, 4.69) is 5.10 Å². The van der Waals surface area contributed by atoms with Gasteiger partial charge in [-0.3, -0.25) is 4.68 Å². The van der Waals surface area contributed by atoms with Crippen LogP contribution in [-0.4, -0.2) is 23.5 Å². The molecular weight excluding hydrogens is 304 g/mol. The number of ether oxygens (including phenoxy) is 1. The van der Waals surface area contributed by atoms with Gasteiger partial charge in [-0.15, -0.1) is 0 Å². The van der Waals surface area contributed by atoms with E-state index in [1.807, 2.05) is 0 Å². The van der Waals surface area contributed by atoms with Crippen molar-refractivity contribution < 1.29 is 9.13 Å². The molecule has 0 bridgehead atoms. The summed E-state index contributed by atoms with van der Waals surface area (Å²) in [6.45, 7) is 0.995.